The fraction of sp³-hybridized carbons (Fsp3) is 0.211. The molecule has 0 unspecified atom stereocenters. The fourth-order valence-corrected chi connectivity index (χ4v) is 3.43. The highest BCUT2D eigenvalue weighted by Gasteiger charge is 2.21. The third-order valence-corrected chi connectivity index (χ3v) is 4.82. The van der Waals surface area contributed by atoms with Crippen LogP contribution in [0.4, 0.5) is 10.1 Å². The van der Waals surface area contributed by atoms with E-state index in [-0.39, 0.29) is 23.5 Å². The van der Waals surface area contributed by atoms with Gasteiger partial charge < -0.3 is 10.7 Å². The van der Waals surface area contributed by atoms with Crippen molar-refractivity contribution in [1.82, 2.24) is 14.9 Å². The lowest BCUT2D eigenvalue weighted by Crippen LogP contribution is -2.38. The summed E-state index contributed by atoms with van der Waals surface area (Å²) in [6.07, 6.45) is 0. The molecule has 0 atom stereocenters. The van der Waals surface area contributed by atoms with E-state index in [4.69, 9.17) is 5.84 Å². The van der Waals surface area contributed by atoms with Gasteiger partial charge in [0.15, 0.2) is 5.82 Å². The van der Waals surface area contributed by atoms with Crippen LogP contribution in [-0.2, 0) is 4.79 Å². The maximum absolute atomic E-state index is 13.4. The molecule has 0 aliphatic rings. The maximum atomic E-state index is 13.4. The first-order chi connectivity index (χ1) is 13.0. The van der Waals surface area contributed by atoms with Crippen LogP contribution in [0.15, 0.2) is 59.8 Å². The van der Waals surface area contributed by atoms with Crippen LogP contribution in [0.1, 0.15) is 13.8 Å². The van der Waals surface area contributed by atoms with Gasteiger partial charge in [0.25, 0.3) is 0 Å². The number of carbonyl (C=O) groups is 1. The van der Waals surface area contributed by atoms with E-state index in [0.29, 0.717) is 16.5 Å². The summed E-state index contributed by atoms with van der Waals surface area (Å²) < 4.78 is 14.7. The highest BCUT2D eigenvalue weighted by molar-refractivity contribution is 7.99. The topological polar surface area (TPSA) is 77.0 Å². The van der Waals surface area contributed by atoms with Crippen LogP contribution < -0.4 is 10.7 Å². The van der Waals surface area contributed by atoms with E-state index in [2.05, 4.69) is 10.2 Å². The standard InChI is InChI=1S/C19H20FN5OS/c1-13(2)24(16-9-4-3-5-10-16)17(26)12-27-19-23-22-18(25(19)21)14-7-6-8-15(20)11-14/h3-11,13H,12,21H2,1-2H3. The molecule has 3 rings (SSSR count). The monoisotopic (exact) mass is 385 g/mol. The Morgan fingerprint density at radius 3 is 2.59 bits per heavy atom. The molecule has 8 heteroatoms. The SMILES string of the molecule is CC(C)N(C(=O)CSc1nnc(-c2cccc(F)c2)n1N)c1ccccc1. The lowest BCUT2D eigenvalue weighted by molar-refractivity contribution is -0.116. The van der Waals surface area contributed by atoms with E-state index in [1.54, 1.807) is 17.0 Å². The van der Waals surface area contributed by atoms with Crippen molar-refractivity contribution >= 4 is 23.4 Å². The Labute approximate surface area is 161 Å². The van der Waals surface area contributed by atoms with Gasteiger partial charge in [0.05, 0.1) is 5.75 Å². The van der Waals surface area contributed by atoms with E-state index in [9.17, 15) is 9.18 Å². The molecule has 27 heavy (non-hydrogen) atoms. The summed E-state index contributed by atoms with van der Waals surface area (Å²) in [5.74, 6) is 6.10. The highest BCUT2D eigenvalue weighted by Crippen LogP contribution is 2.24. The van der Waals surface area contributed by atoms with Crippen LogP contribution in [0, 0.1) is 5.82 Å². The molecule has 1 aromatic heterocycles. The number of rotatable bonds is 6. The predicted octanol–water partition coefficient (Wildman–Crippen LogP) is 3.33. The van der Waals surface area contributed by atoms with E-state index in [0.717, 1.165) is 5.69 Å². The van der Waals surface area contributed by atoms with Crippen molar-refractivity contribution in [3.8, 4) is 11.4 Å². The maximum Gasteiger partial charge on any atom is 0.237 e. The van der Waals surface area contributed by atoms with Crippen molar-refractivity contribution in [2.45, 2.75) is 25.0 Å². The Kier molecular flexibility index (Phi) is 5.75. The molecule has 0 bridgehead atoms. The van der Waals surface area contributed by atoms with Crippen LogP contribution in [0.25, 0.3) is 11.4 Å². The van der Waals surface area contributed by atoms with Crippen molar-refractivity contribution in [1.29, 1.82) is 0 Å². The minimum atomic E-state index is -0.379. The number of carbonyl (C=O) groups excluding carboxylic acids is 1. The predicted molar refractivity (Wildman–Crippen MR) is 105 cm³/mol. The lowest BCUT2D eigenvalue weighted by Gasteiger charge is -2.26. The molecule has 3 aromatic rings. The zero-order valence-electron chi connectivity index (χ0n) is 15.0. The van der Waals surface area contributed by atoms with Gasteiger partial charge in [-0.15, -0.1) is 10.2 Å². The zero-order chi connectivity index (χ0) is 19.4. The smallest absolute Gasteiger partial charge is 0.237 e. The minimum absolute atomic E-state index is 0.0131. The Morgan fingerprint density at radius 2 is 1.93 bits per heavy atom. The molecule has 0 fully saturated rings. The van der Waals surface area contributed by atoms with Gasteiger partial charge in [0.2, 0.25) is 11.1 Å². The summed E-state index contributed by atoms with van der Waals surface area (Å²) in [5.41, 5.74) is 1.36. The van der Waals surface area contributed by atoms with Gasteiger partial charge in [-0.1, -0.05) is 42.1 Å². The number of hydrogen-bond donors (Lipinski definition) is 1. The molecule has 1 heterocycles. The van der Waals surface area contributed by atoms with Gasteiger partial charge in [-0.2, -0.15) is 0 Å². The number of thioether (sulfide) groups is 1. The number of amides is 1. The van der Waals surface area contributed by atoms with Gasteiger partial charge in [-0.3, -0.25) is 4.79 Å². The summed E-state index contributed by atoms with van der Waals surface area (Å²) in [4.78, 5) is 14.5. The largest absolute Gasteiger partial charge is 0.335 e. The van der Waals surface area contributed by atoms with Crippen molar-refractivity contribution in [2.75, 3.05) is 16.5 Å². The molecular formula is C19H20FN5OS. The first-order valence-corrected chi connectivity index (χ1v) is 9.42. The van der Waals surface area contributed by atoms with E-state index in [1.807, 2.05) is 44.2 Å². The number of halogens is 1. The van der Waals surface area contributed by atoms with Crippen LogP contribution in [0.5, 0.6) is 0 Å². The molecule has 140 valence electrons. The van der Waals surface area contributed by atoms with E-state index >= 15 is 0 Å². The van der Waals surface area contributed by atoms with Crippen molar-refractivity contribution < 1.29 is 9.18 Å². The zero-order valence-corrected chi connectivity index (χ0v) is 15.9. The van der Waals surface area contributed by atoms with Crippen molar-refractivity contribution in [2.24, 2.45) is 0 Å². The van der Waals surface area contributed by atoms with E-state index in [1.165, 1.54) is 28.6 Å². The average molecular weight is 385 g/mol. The normalized spacial score (nSPS) is 11.0. The second kappa shape index (κ2) is 8.22. The number of nitrogens with two attached hydrogens (primary N) is 1. The fourth-order valence-electron chi connectivity index (χ4n) is 2.71. The van der Waals surface area contributed by atoms with Gasteiger partial charge in [0, 0.05) is 17.3 Å². The molecule has 2 N–H and O–H groups in total. The summed E-state index contributed by atoms with van der Waals surface area (Å²) in [5, 5.41) is 8.44. The Bertz CT molecular complexity index is 929. The Balaban J connectivity index is 1.74. The van der Waals surface area contributed by atoms with Crippen molar-refractivity contribution in [3.63, 3.8) is 0 Å². The van der Waals surface area contributed by atoms with Crippen LogP contribution in [0.2, 0.25) is 0 Å². The number of anilines is 1. The molecule has 6 nitrogen and oxygen atoms in total. The second-order valence-corrected chi connectivity index (χ2v) is 7.11. The van der Waals surface area contributed by atoms with Gasteiger partial charge in [0.1, 0.15) is 5.82 Å². The minimum Gasteiger partial charge on any atom is -0.335 e. The average Bonchev–Trinajstić information content (AvgIpc) is 3.01. The molecule has 1 amide bonds. The number of nitrogen functional groups attached to an aromatic ring is 1. The van der Waals surface area contributed by atoms with Gasteiger partial charge in [-0.25, -0.2) is 9.07 Å². The van der Waals surface area contributed by atoms with Gasteiger partial charge >= 0.3 is 0 Å². The van der Waals surface area contributed by atoms with Crippen LogP contribution >= 0.6 is 11.8 Å². The molecule has 2 aromatic carbocycles. The summed E-state index contributed by atoms with van der Waals surface area (Å²) in [7, 11) is 0. The van der Waals surface area contributed by atoms with Crippen LogP contribution in [0.3, 0.4) is 0 Å². The molecule has 0 radical (unpaired) electrons. The van der Waals surface area contributed by atoms with Gasteiger partial charge in [-0.05, 0) is 38.1 Å². The number of aromatic nitrogens is 3. The number of para-hydroxylation sites is 1. The molecular weight excluding hydrogens is 365 g/mol. The molecule has 0 saturated carbocycles. The third-order valence-electron chi connectivity index (χ3n) is 3.89. The second-order valence-electron chi connectivity index (χ2n) is 6.17. The lowest BCUT2D eigenvalue weighted by atomic mass is 10.2. The van der Waals surface area contributed by atoms with Crippen LogP contribution in [-0.4, -0.2) is 32.6 Å². The number of nitrogens with zero attached hydrogens (tertiary/aromatic N) is 4. The van der Waals surface area contributed by atoms with Crippen molar-refractivity contribution in [3.05, 3.63) is 60.4 Å². The Hall–Kier alpha value is -2.87. The quantitative estimate of drug-likeness (QED) is 0.520. The number of benzene rings is 2. The molecule has 0 saturated heterocycles. The number of hydrogen-bond acceptors (Lipinski definition) is 5. The summed E-state index contributed by atoms with van der Waals surface area (Å²) in [6.45, 7) is 3.92. The summed E-state index contributed by atoms with van der Waals surface area (Å²) in [6, 6.07) is 15.5. The molecule has 0 aliphatic carbocycles. The summed E-state index contributed by atoms with van der Waals surface area (Å²) >= 11 is 1.19. The first kappa shape index (κ1) is 18.9. The third kappa shape index (κ3) is 4.28. The first-order valence-electron chi connectivity index (χ1n) is 8.43. The Morgan fingerprint density at radius 1 is 1.19 bits per heavy atom. The molecule has 0 spiro atoms. The molecule has 0 aliphatic heterocycles. The van der Waals surface area contributed by atoms with E-state index < -0.39 is 0 Å². The highest BCUT2D eigenvalue weighted by atomic mass is 32.2.